The number of rotatable bonds is 6. The van der Waals surface area contributed by atoms with Crippen LogP contribution in [-0.2, 0) is 6.54 Å². The summed E-state index contributed by atoms with van der Waals surface area (Å²) in [5.74, 6) is 4.77. The van der Waals surface area contributed by atoms with E-state index in [0.717, 1.165) is 19.0 Å². The molecule has 2 heterocycles. The summed E-state index contributed by atoms with van der Waals surface area (Å²) in [4.78, 5) is 4.57. The van der Waals surface area contributed by atoms with Gasteiger partial charge in [-0.05, 0) is 50.2 Å². The molecule has 1 aliphatic heterocycles. The van der Waals surface area contributed by atoms with Crippen LogP contribution in [0.1, 0.15) is 45.0 Å². The third-order valence-corrected chi connectivity index (χ3v) is 4.81. The predicted molar refractivity (Wildman–Crippen MR) is 79.0 cm³/mol. The molecule has 1 atom stereocenters. The Bertz CT molecular complexity index is 345. The van der Waals surface area contributed by atoms with Crippen molar-refractivity contribution in [3.8, 4) is 0 Å². The molecule has 0 bridgehead atoms. The van der Waals surface area contributed by atoms with Crippen LogP contribution in [0.2, 0.25) is 0 Å². The molecule has 3 nitrogen and oxygen atoms in total. The molecule has 1 N–H and O–H groups in total. The van der Waals surface area contributed by atoms with Crippen LogP contribution < -0.4 is 5.32 Å². The van der Waals surface area contributed by atoms with Crippen molar-refractivity contribution in [2.24, 2.45) is 5.92 Å². The Kier molecular flexibility index (Phi) is 5.57. The highest BCUT2D eigenvalue weighted by Crippen LogP contribution is 2.30. The summed E-state index contributed by atoms with van der Waals surface area (Å²) in [6, 6.07) is 0.429. The second-order valence-electron chi connectivity index (χ2n) is 4.97. The molecule has 1 unspecified atom stereocenters. The second-order valence-corrected chi connectivity index (χ2v) is 6.20. The Morgan fingerprint density at radius 2 is 2.22 bits per heavy atom. The van der Waals surface area contributed by atoms with Gasteiger partial charge >= 0.3 is 0 Å². The van der Waals surface area contributed by atoms with Gasteiger partial charge in [-0.3, -0.25) is 0 Å². The molecule has 1 aromatic rings. The third-order valence-electron chi connectivity index (χ3n) is 3.76. The summed E-state index contributed by atoms with van der Waals surface area (Å²) in [5.41, 5.74) is 0. The molecule has 18 heavy (non-hydrogen) atoms. The molecule has 0 aliphatic carbocycles. The fourth-order valence-electron chi connectivity index (χ4n) is 2.74. The number of nitrogens with zero attached hydrogens (tertiary/aromatic N) is 2. The average molecular weight is 267 g/mol. The van der Waals surface area contributed by atoms with E-state index in [-0.39, 0.29) is 0 Å². The highest BCUT2D eigenvalue weighted by Gasteiger charge is 2.22. The lowest BCUT2D eigenvalue weighted by molar-refractivity contribution is 0.357. The minimum absolute atomic E-state index is 0.429. The van der Waals surface area contributed by atoms with E-state index >= 15 is 0 Å². The van der Waals surface area contributed by atoms with Gasteiger partial charge in [0.05, 0.1) is 6.04 Å². The topological polar surface area (TPSA) is 29.9 Å². The van der Waals surface area contributed by atoms with Crippen molar-refractivity contribution in [1.29, 1.82) is 0 Å². The first kappa shape index (κ1) is 13.9. The smallest absolute Gasteiger partial charge is 0.125 e. The van der Waals surface area contributed by atoms with Gasteiger partial charge < -0.3 is 9.88 Å². The molecule has 1 fully saturated rings. The minimum atomic E-state index is 0.429. The van der Waals surface area contributed by atoms with Crippen molar-refractivity contribution in [3.05, 3.63) is 18.2 Å². The van der Waals surface area contributed by atoms with Crippen molar-refractivity contribution in [1.82, 2.24) is 14.9 Å². The van der Waals surface area contributed by atoms with Crippen LogP contribution in [0.3, 0.4) is 0 Å². The quantitative estimate of drug-likeness (QED) is 0.859. The molecule has 0 saturated carbocycles. The number of imidazole rings is 1. The fourth-order valence-corrected chi connectivity index (χ4v) is 3.94. The van der Waals surface area contributed by atoms with Crippen molar-refractivity contribution in [2.75, 3.05) is 18.1 Å². The van der Waals surface area contributed by atoms with Gasteiger partial charge in [0.2, 0.25) is 0 Å². The molecule has 2 rings (SSSR count). The first-order chi connectivity index (χ1) is 8.85. The zero-order valence-electron chi connectivity index (χ0n) is 11.6. The molecule has 0 radical (unpaired) electrons. The Hall–Kier alpha value is -0.480. The van der Waals surface area contributed by atoms with E-state index in [1.54, 1.807) is 0 Å². The van der Waals surface area contributed by atoms with Crippen molar-refractivity contribution < 1.29 is 0 Å². The minimum Gasteiger partial charge on any atom is -0.334 e. The van der Waals surface area contributed by atoms with Gasteiger partial charge in [0.1, 0.15) is 5.82 Å². The number of hydrogen-bond acceptors (Lipinski definition) is 3. The average Bonchev–Trinajstić information content (AvgIpc) is 2.87. The van der Waals surface area contributed by atoms with E-state index < -0.39 is 0 Å². The highest BCUT2D eigenvalue weighted by molar-refractivity contribution is 7.99. The van der Waals surface area contributed by atoms with Gasteiger partial charge in [-0.2, -0.15) is 11.8 Å². The van der Waals surface area contributed by atoms with Crippen molar-refractivity contribution >= 4 is 11.8 Å². The third kappa shape index (κ3) is 3.51. The van der Waals surface area contributed by atoms with Crippen LogP contribution in [0.4, 0.5) is 0 Å². The Balaban J connectivity index is 2.02. The molecule has 0 aromatic carbocycles. The SMILES string of the molecule is CCNC(CC1CCSCC1)c1nccn1CC. The van der Waals surface area contributed by atoms with Gasteiger partial charge in [0.25, 0.3) is 0 Å². The maximum absolute atomic E-state index is 4.57. The van der Waals surface area contributed by atoms with E-state index in [4.69, 9.17) is 0 Å². The molecular formula is C14H25N3S. The maximum Gasteiger partial charge on any atom is 0.125 e. The van der Waals surface area contributed by atoms with E-state index in [0.29, 0.717) is 6.04 Å². The van der Waals surface area contributed by atoms with Gasteiger partial charge in [0, 0.05) is 18.9 Å². The lowest BCUT2D eigenvalue weighted by Crippen LogP contribution is -2.27. The number of hydrogen-bond donors (Lipinski definition) is 1. The van der Waals surface area contributed by atoms with Gasteiger partial charge in [-0.1, -0.05) is 6.92 Å². The Morgan fingerprint density at radius 3 is 2.89 bits per heavy atom. The molecule has 1 aromatic heterocycles. The number of thioether (sulfide) groups is 1. The Morgan fingerprint density at radius 1 is 1.44 bits per heavy atom. The molecule has 1 saturated heterocycles. The first-order valence-corrected chi connectivity index (χ1v) is 8.32. The molecule has 1 aliphatic rings. The van der Waals surface area contributed by atoms with Crippen molar-refractivity contribution in [3.63, 3.8) is 0 Å². The van der Waals surface area contributed by atoms with Crippen LogP contribution >= 0.6 is 11.8 Å². The Labute approximate surface area is 115 Å². The van der Waals surface area contributed by atoms with E-state index in [1.165, 1.54) is 36.6 Å². The van der Waals surface area contributed by atoms with Gasteiger partial charge in [0.15, 0.2) is 0 Å². The normalized spacial score (nSPS) is 19.0. The van der Waals surface area contributed by atoms with Crippen molar-refractivity contribution in [2.45, 2.75) is 45.7 Å². The van der Waals surface area contributed by atoms with E-state index in [9.17, 15) is 0 Å². The molecule has 0 amide bonds. The van der Waals surface area contributed by atoms with E-state index in [1.807, 2.05) is 6.20 Å². The summed E-state index contributed by atoms with van der Waals surface area (Å²) in [5, 5.41) is 3.62. The highest BCUT2D eigenvalue weighted by atomic mass is 32.2. The maximum atomic E-state index is 4.57. The largest absolute Gasteiger partial charge is 0.334 e. The first-order valence-electron chi connectivity index (χ1n) is 7.17. The lowest BCUT2D eigenvalue weighted by atomic mass is 9.94. The molecule has 0 spiro atoms. The van der Waals surface area contributed by atoms with Crippen LogP contribution in [0, 0.1) is 5.92 Å². The van der Waals surface area contributed by atoms with E-state index in [2.05, 4.69) is 46.7 Å². The number of aromatic nitrogens is 2. The molecule has 102 valence electrons. The summed E-state index contributed by atoms with van der Waals surface area (Å²) in [6.07, 6.45) is 8.01. The summed E-state index contributed by atoms with van der Waals surface area (Å²) < 4.78 is 2.27. The zero-order valence-corrected chi connectivity index (χ0v) is 12.4. The summed E-state index contributed by atoms with van der Waals surface area (Å²) in [6.45, 7) is 6.40. The van der Waals surface area contributed by atoms with Crippen LogP contribution in [-0.4, -0.2) is 27.6 Å². The van der Waals surface area contributed by atoms with Gasteiger partial charge in [-0.15, -0.1) is 0 Å². The number of aryl methyl sites for hydroxylation is 1. The summed E-state index contributed by atoms with van der Waals surface area (Å²) >= 11 is 2.10. The molecule has 4 heteroatoms. The van der Waals surface area contributed by atoms with Crippen LogP contribution in [0.15, 0.2) is 12.4 Å². The second kappa shape index (κ2) is 7.19. The molecular weight excluding hydrogens is 242 g/mol. The van der Waals surface area contributed by atoms with Crippen LogP contribution in [0.25, 0.3) is 0 Å². The lowest BCUT2D eigenvalue weighted by Gasteiger charge is -2.27. The zero-order chi connectivity index (χ0) is 12.8. The van der Waals surface area contributed by atoms with Crippen LogP contribution in [0.5, 0.6) is 0 Å². The number of nitrogens with one attached hydrogen (secondary N) is 1. The fraction of sp³-hybridized carbons (Fsp3) is 0.786. The standard InChI is InChI=1S/C14H25N3S/c1-3-15-13(11-12-5-9-18-10-6-12)14-16-7-8-17(14)4-2/h7-8,12-13,15H,3-6,9-11H2,1-2H3. The predicted octanol–water partition coefficient (Wildman–Crippen LogP) is 3.09. The monoisotopic (exact) mass is 267 g/mol. The summed E-state index contributed by atoms with van der Waals surface area (Å²) in [7, 11) is 0. The van der Waals surface area contributed by atoms with Gasteiger partial charge in [-0.25, -0.2) is 4.98 Å².